The van der Waals surface area contributed by atoms with E-state index in [-0.39, 0.29) is 0 Å². The summed E-state index contributed by atoms with van der Waals surface area (Å²) in [6, 6.07) is 21.9. The van der Waals surface area contributed by atoms with Crippen molar-refractivity contribution in [2.75, 3.05) is 7.11 Å². The van der Waals surface area contributed by atoms with Crippen LogP contribution in [-0.4, -0.2) is 17.1 Å². The molecule has 0 aliphatic carbocycles. The zero-order valence-corrected chi connectivity index (χ0v) is 17.8. The van der Waals surface area contributed by atoms with Crippen molar-refractivity contribution in [1.29, 1.82) is 5.26 Å². The first kappa shape index (κ1) is 20.2. The average Bonchev–Trinajstić information content (AvgIpc) is 3.22. The van der Waals surface area contributed by atoms with Crippen LogP contribution in [0.4, 0.5) is 0 Å². The third kappa shape index (κ3) is 4.44. The highest BCUT2D eigenvalue weighted by atomic mass is 16.5. The number of benzene rings is 3. The van der Waals surface area contributed by atoms with Gasteiger partial charge in [-0.25, -0.2) is 4.98 Å². The molecule has 0 atom stereocenters. The normalized spacial score (nSPS) is 11.4. The third-order valence-corrected chi connectivity index (χ3v) is 5.15. The summed E-state index contributed by atoms with van der Waals surface area (Å²) >= 11 is 0. The van der Waals surface area contributed by atoms with E-state index in [0.29, 0.717) is 29.5 Å². The summed E-state index contributed by atoms with van der Waals surface area (Å²) in [4.78, 5) is 7.71. The van der Waals surface area contributed by atoms with E-state index in [2.05, 4.69) is 48.1 Å². The fourth-order valence-corrected chi connectivity index (χ4v) is 3.41. The summed E-state index contributed by atoms with van der Waals surface area (Å²) in [7, 11) is 1.61. The molecule has 0 amide bonds. The second kappa shape index (κ2) is 8.76. The van der Waals surface area contributed by atoms with Gasteiger partial charge in [-0.1, -0.05) is 42.0 Å². The standard InChI is InChI=1S/C26H23N3O2/c1-17-8-9-18(2)21(12-17)16-31-24-11-10-19(14-25(24)30-3)13-20(15-27)26-28-22-6-4-5-7-23(22)29-26/h4-14H,16H2,1-3H3,(H,28,29)/b20-13-. The lowest BCUT2D eigenvalue weighted by molar-refractivity contribution is 0.284. The van der Waals surface area contributed by atoms with E-state index in [0.717, 1.165) is 22.2 Å². The number of methoxy groups -OCH3 is 1. The van der Waals surface area contributed by atoms with Gasteiger partial charge in [0.15, 0.2) is 11.5 Å². The molecule has 154 valence electrons. The Bertz CT molecular complexity index is 1280. The molecule has 1 heterocycles. The Balaban J connectivity index is 1.59. The van der Waals surface area contributed by atoms with Crippen molar-refractivity contribution < 1.29 is 9.47 Å². The highest BCUT2D eigenvalue weighted by Crippen LogP contribution is 2.31. The summed E-state index contributed by atoms with van der Waals surface area (Å²) < 4.78 is 11.6. The largest absolute Gasteiger partial charge is 0.493 e. The van der Waals surface area contributed by atoms with Crippen LogP contribution in [0, 0.1) is 25.2 Å². The summed E-state index contributed by atoms with van der Waals surface area (Å²) in [5.74, 6) is 1.81. The number of aryl methyl sites for hydroxylation is 2. The van der Waals surface area contributed by atoms with Gasteiger partial charge in [-0.3, -0.25) is 0 Å². The minimum absolute atomic E-state index is 0.447. The predicted octanol–water partition coefficient (Wildman–Crippen LogP) is 5.83. The van der Waals surface area contributed by atoms with Gasteiger partial charge in [-0.05, 0) is 60.9 Å². The number of nitrogens with one attached hydrogen (secondary N) is 1. The molecule has 1 aromatic heterocycles. The fraction of sp³-hybridized carbons (Fsp3) is 0.154. The van der Waals surface area contributed by atoms with Gasteiger partial charge >= 0.3 is 0 Å². The maximum Gasteiger partial charge on any atom is 0.161 e. The van der Waals surface area contributed by atoms with Crippen LogP contribution in [0.15, 0.2) is 60.7 Å². The van der Waals surface area contributed by atoms with E-state index in [1.165, 1.54) is 11.1 Å². The van der Waals surface area contributed by atoms with Crippen molar-refractivity contribution in [3.05, 3.63) is 88.7 Å². The van der Waals surface area contributed by atoms with Crippen molar-refractivity contribution in [3.63, 3.8) is 0 Å². The van der Waals surface area contributed by atoms with Crippen LogP contribution in [0.25, 0.3) is 22.7 Å². The summed E-state index contributed by atoms with van der Waals surface area (Å²) in [5, 5.41) is 9.67. The van der Waals surface area contributed by atoms with E-state index in [1.807, 2.05) is 42.5 Å². The molecule has 0 saturated carbocycles. The molecule has 31 heavy (non-hydrogen) atoms. The number of fused-ring (bicyclic) bond motifs is 1. The van der Waals surface area contributed by atoms with Crippen LogP contribution in [0.5, 0.6) is 11.5 Å². The van der Waals surface area contributed by atoms with Crippen molar-refractivity contribution in [1.82, 2.24) is 9.97 Å². The molecule has 0 fully saturated rings. The van der Waals surface area contributed by atoms with Crippen LogP contribution in [-0.2, 0) is 6.61 Å². The molecule has 0 radical (unpaired) electrons. The first-order valence-electron chi connectivity index (χ1n) is 10.0. The number of nitriles is 1. The van der Waals surface area contributed by atoms with Crippen molar-refractivity contribution in [3.8, 4) is 17.6 Å². The number of imidazole rings is 1. The Morgan fingerprint density at radius 2 is 1.90 bits per heavy atom. The van der Waals surface area contributed by atoms with Gasteiger partial charge in [0.1, 0.15) is 18.5 Å². The number of aromatic amines is 1. The molecule has 1 N–H and O–H groups in total. The molecular weight excluding hydrogens is 386 g/mol. The molecular formula is C26H23N3O2. The lowest BCUT2D eigenvalue weighted by Crippen LogP contribution is -2.00. The van der Waals surface area contributed by atoms with Crippen LogP contribution in [0.2, 0.25) is 0 Å². The lowest BCUT2D eigenvalue weighted by atomic mass is 10.1. The summed E-state index contributed by atoms with van der Waals surface area (Å²) in [6.45, 7) is 4.60. The highest BCUT2D eigenvalue weighted by molar-refractivity contribution is 5.90. The van der Waals surface area contributed by atoms with Crippen LogP contribution < -0.4 is 9.47 Å². The van der Waals surface area contributed by atoms with E-state index in [9.17, 15) is 5.26 Å². The molecule has 4 aromatic rings. The number of rotatable bonds is 6. The number of hydrogen-bond acceptors (Lipinski definition) is 4. The number of allylic oxidation sites excluding steroid dienone is 1. The predicted molar refractivity (Wildman–Crippen MR) is 123 cm³/mol. The third-order valence-electron chi connectivity index (χ3n) is 5.15. The van der Waals surface area contributed by atoms with Gasteiger partial charge in [0, 0.05) is 0 Å². The Morgan fingerprint density at radius 1 is 1.06 bits per heavy atom. The molecule has 0 saturated heterocycles. The maximum atomic E-state index is 9.67. The fourth-order valence-electron chi connectivity index (χ4n) is 3.41. The first-order valence-corrected chi connectivity index (χ1v) is 10.0. The van der Waals surface area contributed by atoms with E-state index in [1.54, 1.807) is 13.2 Å². The number of ether oxygens (including phenoxy) is 2. The van der Waals surface area contributed by atoms with Crippen molar-refractivity contribution in [2.45, 2.75) is 20.5 Å². The van der Waals surface area contributed by atoms with Crippen molar-refractivity contribution >= 4 is 22.7 Å². The Kier molecular flexibility index (Phi) is 5.72. The van der Waals surface area contributed by atoms with Gasteiger partial charge in [0.05, 0.1) is 23.7 Å². The molecule has 3 aromatic carbocycles. The minimum atomic E-state index is 0.447. The Hall–Kier alpha value is -4.04. The van der Waals surface area contributed by atoms with Gasteiger partial charge in [-0.15, -0.1) is 0 Å². The van der Waals surface area contributed by atoms with Crippen LogP contribution in [0.3, 0.4) is 0 Å². The van der Waals surface area contributed by atoms with Gasteiger partial charge in [0.2, 0.25) is 0 Å². The number of nitrogens with zero attached hydrogens (tertiary/aromatic N) is 2. The number of para-hydroxylation sites is 2. The lowest BCUT2D eigenvalue weighted by Gasteiger charge is -2.13. The topological polar surface area (TPSA) is 70.9 Å². The number of hydrogen-bond donors (Lipinski definition) is 1. The number of aromatic nitrogens is 2. The zero-order valence-electron chi connectivity index (χ0n) is 17.8. The monoisotopic (exact) mass is 409 g/mol. The average molecular weight is 409 g/mol. The van der Waals surface area contributed by atoms with Gasteiger partial charge < -0.3 is 14.5 Å². The molecule has 0 unspecified atom stereocenters. The maximum absolute atomic E-state index is 9.67. The summed E-state index contributed by atoms with van der Waals surface area (Å²) in [6.07, 6.45) is 1.79. The zero-order chi connectivity index (χ0) is 21.8. The number of H-pyrrole nitrogens is 1. The molecule has 0 bridgehead atoms. The molecule has 5 nitrogen and oxygen atoms in total. The molecule has 4 rings (SSSR count). The molecule has 0 spiro atoms. The van der Waals surface area contributed by atoms with Crippen LogP contribution in [0.1, 0.15) is 28.1 Å². The Morgan fingerprint density at radius 3 is 2.68 bits per heavy atom. The smallest absolute Gasteiger partial charge is 0.161 e. The molecule has 0 aliphatic heterocycles. The van der Waals surface area contributed by atoms with E-state index >= 15 is 0 Å². The SMILES string of the molecule is COc1cc(/C=C(/C#N)c2nc3ccccc3[nH]2)ccc1OCc1cc(C)ccc1C. The Labute approximate surface area is 181 Å². The molecule has 5 heteroatoms. The first-order chi connectivity index (χ1) is 15.1. The quantitative estimate of drug-likeness (QED) is 0.407. The van der Waals surface area contributed by atoms with Crippen molar-refractivity contribution in [2.24, 2.45) is 0 Å². The second-order valence-electron chi connectivity index (χ2n) is 7.40. The minimum Gasteiger partial charge on any atom is -0.493 e. The highest BCUT2D eigenvalue weighted by Gasteiger charge is 2.10. The summed E-state index contributed by atoms with van der Waals surface area (Å²) in [5.41, 5.74) is 6.52. The van der Waals surface area contributed by atoms with Crippen LogP contribution >= 0.6 is 0 Å². The molecule has 0 aliphatic rings. The van der Waals surface area contributed by atoms with Gasteiger partial charge in [0.25, 0.3) is 0 Å². The van der Waals surface area contributed by atoms with E-state index < -0.39 is 0 Å². The second-order valence-corrected chi connectivity index (χ2v) is 7.40. The van der Waals surface area contributed by atoms with E-state index in [4.69, 9.17) is 9.47 Å². The van der Waals surface area contributed by atoms with Gasteiger partial charge in [-0.2, -0.15) is 5.26 Å².